The summed E-state index contributed by atoms with van der Waals surface area (Å²) >= 11 is 0. The minimum absolute atomic E-state index is 0.279. The number of hydrogen-bond acceptors (Lipinski definition) is 7. The van der Waals surface area contributed by atoms with Crippen LogP contribution in [0, 0.1) is 6.92 Å². The summed E-state index contributed by atoms with van der Waals surface area (Å²) in [5, 5.41) is 1.26. The van der Waals surface area contributed by atoms with Gasteiger partial charge in [-0.2, -0.15) is 0 Å². The molecule has 3 aliphatic rings. The van der Waals surface area contributed by atoms with Crippen molar-refractivity contribution in [3.05, 3.63) is 54.4 Å². The predicted molar refractivity (Wildman–Crippen MR) is 135 cm³/mol. The van der Waals surface area contributed by atoms with E-state index in [1.165, 1.54) is 22.3 Å². The Balaban J connectivity index is 1.24. The Morgan fingerprint density at radius 3 is 2.58 bits per heavy atom. The second-order valence-electron chi connectivity index (χ2n) is 9.93. The molecule has 0 unspecified atom stereocenters. The number of nitrogens with zero attached hydrogens (tertiary/aromatic N) is 6. The lowest BCUT2D eigenvalue weighted by molar-refractivity contribution is 0.108. The van der Waals surface area contributed by atoms with Gasteiger partial charge < -0.3 is 20.4 Å². The zero-order valence-corrected chi connectivity index (χ0v) is 19.6. The normalized spacial score (nSPS) is 24.2. The molecule has 0 saturated carbocycles. The molecule has 2 atom stereocenters. The summed E-state index contributed by atoms with van der Waals surface area (Å²) in [6.07, 6.45) is 3.84. The van der Waals surface area contributed by atoms with Crippen LogP contribution >= 0.6 is 0 Å². The van der Waals surface area contributed by atoms with Crippen LogP contribution in [-0.2, 0) is 0 Å². The molecule has 172 valence electrons. The van der Waals surface area contributed by atoms with Crippen molar-refractivity contribution in [1.82, 2.24) is 14.9 Å². The summed E-state index contributed by atoms with van der Waals surface area (Å²) in [6, 6.07) is 14.5. The summed E-state index contributed by atoms with van der Waals surface area (Å²) in [6.45, 7) is 11.6. The number of pyridine rings is 2. The molecule has 0 amide bonds. The molecule has 33 heavy (non-hydrogen) atoms. The number of rotatable bonds is 3. The summed E-state index contributed by atoms with van der Waals surface area (Å²) in [4.78, 5) is 19.4. The van der Waals surface area contributed by atoms with Crippen LogP contribution in [0.3, 0.4) is 0 Å². The van der Waals surface area contributed by atoms with Crippen molar-refractivity contribution in [3.63, 3.8) is 0 Å². The van der Waals surface area contributed by atoms with Gasteiger partial charge in [-0.1, -0.05) is 6.07 Å². The van der Waals surface area contributed by atoms with Crippen LogP contribution in [-0.4, -0.2) is 78.8 Å². The highest BCUT2D eigenvalue weighted by Gasteiger charge is 2.37. The highest BCUT2D eigenvalue weighted by Crippen LogP contribution is 2.33. The Morgan fingerprint density at radius 2 is 1.73 bits per heavy atom. The minimum Gasteiger partial charge on any atom is -0.368 e. The van der Waals surface area contributed by atoms with E-state index in [1.807, 2.05) is 12.4 Å². The lowest BCUT2D eigenvalue weighted by Crippen LogP contribution is -2.65. The van der Waals surface area contributed by atoms with Crippen molar-refractivity contribution < 1.29 is 0 Å². The zero-order chi connectivity index (χ0) is 22.5. The SMILES string of the molecule is Cc1ccc(N2C[C@@H]3CN(c4ccnc(N5CC(N)C5)c4)CCN3[C@H](C)C2)c2cccnc12. The van der Waals surface area contributed by atoms with Crippen LogP contribution in [0.1, 0.15) is 12.5 Å². The highest BCUT2D eigenvalue weighted by atomic mass is 15.4. The molecule has 2 aromatic heterocycles. The van der Waals surface area contributed by atoms with Crippen molar-refractivity contribution in [1.29, 1.82) is 0 Å². The number of anilines is 3. The smallest absolute Gasteiger partial charge is 0.130 e. The quantitative estimate of drug-likeness (QED) is 0.667. The third-order valence-electron chi connectivity index (χ3n) is 7.63. The number of benzene rings is 1. The van der Waals surface area contributed by atoms with Crippen molar-refractivity contribution in [2.45, 2.75) is 32.0 Å². The van der Waals surface area contributed by atoms with Crippen molar-refractivity contribution in [3.8, 4) is 0 Å². The van der Waals surface area contributed by atoms with Gasteiger partial charge in [0.2, 0.25) is 0 Å². The van der Waals surface area contributed by atoms with E-state index >= 15 is 0 Å². The summed E-state index contributed by atoms with van der Waals surface area (Å²) < 4.78 is 0. The fourth-order valence-corrected chi connectivity index (χ4v) is 5.85. The molecule has 6 rings (SSSR count). The molecule has 3 aliphatic heterocycles. The van der Waals surface area contributed by atoms with Crippen LogP contribution < -0.4 is 20.4 Å². The molecule has 0 bridgehead atoms. The Morgan fingerprint density at radius 1 is 0.879 bits per heavy atom. The predicted octanol–water partition coefficient (Wildman–Crippen LogP) is 2.48. The summed E-state index contributed by atoms with van der Waals surface area (Å²) in [5.41, 5.74) is 10.9. The first-order chi connectivity index (χ1) is 16.1. The van der Waals surface area contributed by atoms with Gasteiger partial charge in [0, 0.05) is 99.2 Å². The van der Waals surface area contributed by atoms with Crippen molar-refractivity contribution >= 4 is 28.1 Å². The van der Waals surface area contributed by atoms with Gasteiger partial charge in [-0.15, -0.1) is 0 Å². The molecule has 3 fully saturated rings. The van der Waals surface area contributed by atoms with Gasteiger partial charge in [0.15, 0.2) is 0 Å². The number of piperazine rings is 2. The van der Waals surface area contributed by atoms with Crippen LogP contribution in [0.15, 0.2) is 48.8 Å². The molecule has 7 nitrogen and oxygen atoms in total. The number of nitrogens with two attached hydrogens (primary N) is 1. The second kappa shape index (κ2) is 8.15. The van der Waals surface area contributed by atoms with Gasteiger partial charge in [0.05, 0.1) is 5.52 Å². The van der Waals surface area contributed by atoms with Gasteiger partial charge in [0.1, 0.15) is 5.82 Å². The monoisotopic (exact) mass is 443 g/mol. The van der Waals surface area contributed by atoms with Gasteiger partial charge in [-0.3, -0.25) is 9.88 Å². The van der Waals surface area contributed by atoms with E-state index in [0.717, 1.165) is 57.1 Å². The first-order valence-corrected chi connectivity index (χ1v) is 12.1. The molecule has 0 aliphatic carbocycles. The number of aryl methyl sites for hydroxylation is 1. The second-order valence-corrected chi connectivity index (χ2v) is 9.93. The maximum atomic E-state index is 5.98. The lowest BCUT2D eigenvalue weighted by atomic mass is 10.0. The topological polar surface area (TPSA) is 64.8 Å². The van der Waals surface area contributed by atoms with Crippen molar-refractivity contribution in [2.24, 2.45) is 5.73 Å². The van der Waals surface area contributed by atoms with E-state index in [0.29, 0.717) is 12.1 Å². The van der Waals surface area contributed by atoms with Crippen LogP contribution in [0.4, 0.5) is 17.2 Å². The molecule has 3 aromatic rings. The average molecular weight is 444 g/mol. The number of hydrogen-bond donors (Lipinski definition) is 1. The van der Waals surface area contributed by atoms with E-state index in [2.05, 4.69) is 79.8 Å². The Bertz CT molecular complexity index is 1160. The summed E-state index contributed by atoms with van der Waals surface area (Å²) in [7, 11) is 0. The molecule has 5 heterocycles. The van der Waals surface area contributed by atoms with Gasteiger partial charge in [-0.25, -0.2) is 4.98 Å². The summed E-state index contributed by atoms with van der Waals surface area (Å²) in [5.74, 6) is 1.05. The molecule has 2 N–H and O–H groups in total. The maximum absolute atomic E-state index is 5.98. The fraction of sp³-hybridized carbons (Fsp3) is 0.462. The molecule has 0 radical (unpaired) electrons. The van der Waals surface area contributed by atoms with Crippen LogP contribution in [0.2, 0.25) is 0 Å². The minimum atomic E-state index is 0.279. The van der Waals surface area contributed by atoms with E-state index in [-0.39, 0.29) is 6.04 Å². The first kappa shape index (κ1) is 20.7. The van der Waals surface area contributed by atoms with Gasteiger partial charge in [0.25, 0.3) is 0 Å². The van der Waals surface area contributed by atoms with E-state index in [1.54, 1.807) is 0 Å². The van der Waals surface area contributed by atoms with Crippen molar-refractivity contribution in [2.75, 3.05) is 60.5 Å². The van der Waals surface area contributed by atoms with Gasteiger partial charge in [-0.05, 0) is 43.7 Å². The lowest BCUT2D eigenvalue weighted by Gasteiger charge is -2.52. The average Bonchev–Trinajstić information content (AvgIpc) is 2.82. The molecular weight excluding hydrogens is 410 g/mol. The Labute approximate surface area is 195 Å². The highest BCUT2D eigenvalue weighted by molar-refractivity contribution is 5.93. The third-order valence-corrected chi connectivity index (χ3v) is 7.63. The first-order valence-electron chi connectivity index (χ1n) is 12.1. The molecule has 1 aromatic carbocycles. The number of fused-ring (bicyclic) bond motifs is 2. The van der Waals surface area contributed by atoms with E-state index in [4.69, 9.17) is 5.73 Å². The fourth-order valence-electron chi connectivity index (χ4n) is 5.85. The maximum Gasteiger partial charge on any atom is 0.130 e. The van der Waals surface area contributed by atoms with Gasteiger partial charge >= 0.3 is 0 Å². The Kier molecular flexibility index (Phi) is 5.11. The molecule has 0 spiro atoms. The zero-order valence-electron chi connectivity index (χ0n) is 19.6. The van der Waals surface area contributed by atoms with Crippen LogP contribution in [0.25, 0.3) is 10.9 Å². The van der Waals surface area contributed by atoms with E-state index < -0.39 is 0 Å². The molecular formula is C26H33N7. The standard InChI is InChI=1S/C26H33N7/c1-18-5-6-24(23-4-3-8-29-26(18)23)31-13-19(2)33-11-10-30(16-22(33)17-31)21-7-9-28-25(12-21)32-14-20(27)15-32/h3-9,12,19-20,22H,10-11,13-17,27H2,1-2H3/t19-,22+/m1/s1. The number of aromatic nitrogens is 2. The van der Waals surface area contributed by atoms with E-state index in [9.17, 15) is 0 Å². The molecule has 7 heteroatoms. The van der Waals surface area contributed by atoms with Crippen LogP contribution in [0.5, 0.6) is 0 Å². The Hall–Kier alpha value is -2.90. The third kappa shape index (κ3) is 3.69. The molecule has 3 saturated heterocycles. The largest absolute Gasteiger partial charge is 0.368 e.